The Balaban J connectivity index is 2.04. The van der Waals surface area contributed by atoms with Crippen LogP contribution in [0.5, 0.6) is 5.75 Å². The van der Waals surface area contributed by atoms with Crippen molar-refractivity contribution in [3.05, 3.63) is 47.2 Å². The van der Waals surface area contributed by atoms with Crippen molar-refractivity contribution in [3.8, 4) is 5.75 Å². The fourth-order valence-corrected chi connectivity index (χ4v) is 3.52. The van der Waals surface area contributed by atoms with Crippen molar-refractivity contribution < 1.29 is 9.47 Å². The third-order valence-electron chi connectivity index (χ3n) is 3.63. The first-order valence-electron chi connectivity index (χ1n) is 7.48. The van der Waals surface area contributed by atoms with E-state index in [-0.39, 0.29) is 0 Å². The molecule has 24 heavy (non-hydrogen) atoms. The van der Waals surface area contributed by atoms with E-state index in [0.717, 1.165) is 38.5 Å². The number of pyridine rings is 1. The van der Waals surface area contributed by atoms with E-state index in [9.17, 15) is 0 Å². The number of nitrogens with two attached hydrogens (primary N) is 1. The number of anilines is 1. The highest BCUT2D eigenvalue weighted by Crippen LogP contribution is 2.41. The lowest BCUT2D eigenvalue weighted by Crippen LogP contribution is -1.92. The van der Waals surface area contributed by atoms with Crippen molar-refractivity contribution in [2.24, 2.45) is 4.99 Å². The Hall–Kier alpha value is -2.44. The Kier molecular flexibility index (Phi) is 4.78. The average Bonchev–Trinajstić information content (AvgIpc) is 2.89. The fraction of sp³-hybridized carbons (Fsp3) is 0.222. The van der Waals surface area contributed by atoms with Crippen LogP contribution in [0, 0.1) is 6.92 Å². The molecule has 0 aliphatic heterocycles. The van der Waals surface area contributed by atoms with Gasteiger partial charge in [0.05, 0.1) is 13.7 Å². The maximum absolute atomic E-state index is 6.18. The molecule has 0 aliphatic rings. The molecule has 0 fully saturated rings. The average molecular weight is 341 g/mol. The minimum absolute atomic E-state index is 0.501. The summed E-state index contributed by atoms with van der Waals surface area (Å²) < 4.78 is 10.5. The Morgan fingerprint density at radius 2 is 2.00 bits per heavy atom. The van der Waals surface area contributed by atoms with Gasteiger partial charge in [-0.15, -0.1) is 0 Å². The summed E-state index contributed by atoms with van der Waals surface area (Å²) in [6.07, 6.45) is 1.80. The fourth-order valence-electron chi connectivity index (χ4n) is 2.54. The van der Waals surface area contributed by atoms with Gasteiger partial charge in [0.2, 0.25) is 0 Å². The Morgan fingerprint density at radius 1 is 1.25 bits per heavy atom. The van der Waals surface area contributed by atoms with Gasteiger partial charge in [0.1, 0.15) is 21.3 Å². The Labute approximate surface area is 144 Å². The van der Waals surface area contributed by atoms with Crippen LogP contribution in [-0.4, -0.2) is 25.4 Å². The summed E-state index contributed by atoms with van der Waals surface area (Å²) in [5.74, 6) is 0.815. The lowest BCUT2D eigenvalue weighted by Gasteiger charge is -2.05. The first-order chi connectivity index (χ1) is 11.6. The molecule has 124 valence electrons. The summed E-state index contributed by atoms with van der Waals surface area (Å²) in [6, 6.07) is 9.72. The van der Waals surface area contributed by atoms with Gasteiger partial charge in [-0.2, -0.15) is 0 Å². The number of rotatable bonds is 5. The summed E-state index contributed by atoms with van der Waals surface area (Å²) in [6.45, 7) is 2.47. The quantitative estimate of drug-likeness (QED) is 0.710. The second-order valence-electron chi connectivity index (χ2n) is 5.38. The molecule has 2 aromatic heterocycles. The minimum atomic E-state index is 0.501. The zero-order valence-electron chi connectivity index (χ0n) is 13.9. The smallest absolute Gasteiger partial charge is 0.128 e. The molecule has 0 saturated carbocycles. The van der Waals surface area contributed by atoms with Gasteiger partial charge >= 0.3 is 0 Å². The molecule has 3 rings (SSSR count). The molecule has 1 aromatic carbocycles. The maximum atomic E-state index is 6.18. The van der Waals surface area contributed by atoms with E-state index < -0.39 is 0 Å². The van der Waals surface area contributed by atoms with E-state index in [1.807, 2.05) is 37.3 Å². The van der Waals surface area contributed by atoms with E-state index >= 15 is 0 Å². The maximum Gasteiger partial charge on any atom is 0.128 e. The van der Waals surface area contributed by atoms with Crippen LogP contribution >= 0.6 is 11.3 Å². The monoisotopic (exact) mass is 341 g/mol. The van der Waals surface area contributed by atoms with Crippen molar-refractivity contribution >= 4 is 38.5 Å². The SMILES string of the molecule is COCc1cc(C)nc2sc(N)c(N=Cc3ccc(OC)cc3)c12. The normalized spacial score (nSPS) is 11.5. The molecule has 0 aliphatic carbocycles. The summed E-state index contributed by atoms with van der Waals surface area (Å²) in [5.41, 5.74) is 9.91. The van der Waals surface area contributed by atoms with Gasteiger partial charge in [-0.25, -0.2) is 4.98 Å². The highest BCUT2D eigenvalue weighted by molar-refractivity contribution is 7.23. The molecule has 3 aromatic rings. The number of nitrogen functional groups attached to an aromatic ring is 1. The standard InChI is InChI=1S/C18H19N3O2S/c1-11-8-13(10-22-2)15-16(17(19)24-18(15)21-11)20-9-12-4-6-14(23-3)7-5-12/h4-9H,10,19H2,1-3H3. The molecule has 0 amide bonds. The van der Waals surface area contributed by atoms with Crippen LogP contribution in [0.15, 0.2) is 35.3 Å². The Morgan fingerprint density at radius 3 is 2.67 bits per heavy atom. The summed E-state index contributed by atoms with van der Waals surface area (Å²) in [4.78, 5) is 10.1. The molecular weight excluding hydrogens is 322 g/mol. The molecule has 0 bridgehead atoms. The van der Waals surface area contributed by atoms with E-state index in [1.165, 1.54) is 11.3 Å². The molecule has 2 N–H and O–H groups in total. The number of benzene rings is 1. The van der Waals surface area contributed by atoms with Gasteiger partial charge in [-0.05, 0) is 48.4 Å². The number of aliphatic imine (C=N–C) groups is 1. The highest BCUT2D eigenvalue weighted by atomic mass is 32.1. The van der Waals surface area contributed by atoms with Crippen LogP contribution in [-0.2, 0) is 11.3 Å². The van der Waals surface area contributed by atoms with Crippen LogP contribution in [0.1, 0.15) is 16.8 Å². The van der Waals surface area contributed by atoms with Crippen LogP contribution in [0.4, 0.5) is 10.7 Å². The van der Waals surface area contributed by atoms with Crippen LogP contribution in [0.3, 0.4) is 0 Å². The number of nitrogens with zero attached hydrogens (tertiary/aromatic N) is 2. The topological polar surface area (TPSA) is 69.7 Å². The predicted molar refractivity (Wildman–Crippen MR) is 99.7 cm³/mol. The number of thiophene rings is 1. The second kappa shape index (κ2) is 6.98. The Bertz CT molecular complexity index is 885. The van der Waals surface area contributed by atoms with Gasteiger partial charge in [0, 0.05) is 24.4 Å². The predicted octanol–water partition coefficient (Wildman–Crippen LogP) is 4.09. The molecular formula is C18H19N3O2S. The van der Waals surface area contributed by atoms with Gasteiger partial charge in [-0.3, -0.25) is 4.99 Å². The number of hydrogen-bond donors (Lipinski definition) is 1. The molecule has 0 atom stereocenters. The van der Waals surface area contributed by atoms with Crippen LogP contribution < -0.4 is 10.5 Å². The lowest BCUT2D eigenvalue weighted by molar-refractivity contribution is 0.186. The first kappa shape index (κ1) is 16.4. The molecule has 6 heteroatoms. The van der Waals surface area contributed by atoms with E-state index in [0.29, 0.717) is 11.6 Å². The van der Waals surface area contributed by atoms with Crippen molar-refractivity contribution in [1.29, 1.82) is 0 Å². The van der Waals surface area contributed by atoms with Crippen molar-refractivity contribution in [2.75, 3.05) is 20.0 Å². The van der Waals surface area contributed by atoms with Crippen molar-refractivity contribution in [3.63, 3.8) is 0 Å². The van der Waals surface area contributed by atoms with E-state index in [1.54, 1.807) is 20.4 Å². The third kappa shape index (κ3) is 3.25. The van der Waals surface area contributed by atoms with Gasteiger partial charge in [0.25, 0.3) is 0 Å². The largest absolute Gasteiger partial charge is 0.497 e. The first-order valence-corrected chi connectivity index (χ1v) is 8.29. The summed E-state index contributed by atoms with van der Waals surface area (Å²) >= 11 is 1.45. The van der Waals surface area contributed by atoms with Crippen molar-refractivity contribution in [1.82, 2.24) is 4.98 Å². The zero-order valence-corrected chi connectivity index (χ0v) is 14.7. The van der Waals surface area contributed by atoms with E-state index in [2.05, 4.69) is 9.98 Å². The number of hydrogen-bond acceptors (Lipinski definition) is 6. The van der Waals surface area contributed by atoms with Gasteiger partial charge in [0.15, 0.2) is 0 Å². The molecule has 2 heterocycles. The molecule has 0 spiro atoms. The number of fused-ring (bicyclic) bond motifs is 1. The number of aryl methyl sites for hydroxylation is 1. The highest BCUT2D eigenvalue weighted by Gasteiger charge is 2.15. The zero-order chi connectivity index (χ0) is 17.1. The number of aromatic nitrogens is 1. The van der Waals surface area contributed by atoms with Crippen LogP contribution in [0.25, 0.3) is 10.2 Å². The third-order valence-corrected chi connectivity index (χ3v) is 4.53. The molecule has 0 saturated heterocycles. The summed E-state index contributed by atoms with van der Waals surface area (Å²) in [5, 5.41) is 1.62. The second-order valence-corrected chi connectivity index (χ2v) is 6.41. The van der Waals surface area contributed by atoms with E-state index in [4.69, 9.17) is 15.2 Å². The molecule has 0 radical (unpaired) electrons. The lowest BCUT2D eigenvalue weighted by atomic mass is 10.1. The number of ether oxygens (including phenoxy) is 2. The van der Waals surface area contributed by atoms with Gasteiger partial charge in [-0.1, -0.05) is 11.3 Å². The molecule has 5 nitrogen and oxygen atoms in total. The van der Waals surface area contributed by atoms with Crippen LogP contribution in [0.2, 0.25) is 0 Å². The molecule has 0 unspecified atom stereocenters. The van der Waals surface area contributed by atoms with Crippen molar-refractivity contribution in [2.45, 2.75) is 13.5 Å². The minimum Gasteiger partial charge on any atom is -0.497 e. The van der Waals surface area contributed by atoms with Gasteiger partial charge < -0.3 is 15.2 Å². The summed E-state index contributed by atoms with van der Waals surface area (Å²) in [7, 11) is 3.32. The number of methoxy groups -OCH3 is 2.